The molecule has 0 aliphatic carbocycles. The largest absolute Gasteiger partial charge is 0.596 e. The van der Waals surface area contributed by atoms with Crippen LogP contribution in [0.3, 0.4) is 0 Å². The Kier molecular flexibility index (Phi) is 3.75. The van der Waals surface area contributed by atoms with E-state index in [0.717, 1.165) is 0 Å². The third kappa shape index (κ3) is 3.45. The summed E-state index contributed by atoms with van der Waals surface area (Å²) in [6.07, 6.45) is 1.37. The molecule has 0 aliphatic heterocycles. The first-order valence-corrected chi connectivity index (χ1v) is 5.11. The minimum absolute atomic E-state index is 0.417. The summed E-state index contributed by atoms with van der Waals surface area (Å²) in [5, 5.41) is 0. The van der Waals surface area contributed by atoms with Gasteiger partial charge < -0.3 is 9.39 Å². The van der Waals surface area contributed by atoms with Crippen LogP contribution in [-0.4, -0.2) is 16.8 Å². The molecule has 1 N–H and O–H groups in total. The molecule has 13 heavy (non-hydrogen) atoms. The molecule has 0 heterocycles. The van der Waals surface area contributed by atoms with Gasteiger partial charge in [0.05, 0.1) is 16.9 Å². The first kappa shape index (κ1) is 10.0. The monoisotopic (exact) mass is 199 g/mol. The van der Waals surface area contributed by atoms with Crippen LogP contribution in [0.2, 0.25) is 0 Å². The average Bonchev–Trinajstić information content (AvgIpc) is 2.15. The van der Waals surface area contributed by atoms with E-state index in [9.17, 15) is 9.35 Å². The van der Waals surface area contributed by atoms with Crippen LogP contribution in [0.15, 0.2) is 30.3 Å². The lowest BCUT2D eigenvalue weighted by molar-refractivity contribution is 0.0409. The number of nitrogens with one attached hydrogen (secondary N) is 1. The van der Waals surface area contributed by atoms with Crippen LogP contribution in [0.5, 0.6) is 0 Å². The van der Waals surface area contributed by atoms with Gasteiger partial charge in [0, 0.05) is 4.89 Å². The zero-order chi connectivity index (χ0) is 9.68. The predicted octanol–water partition coefficient (Wildman–Crippen LogP) is 0.641. The van der Waals surface area contributed by atoms with Crippen molar-refractivity contribution in [2.45, 2.75) is 0 Å². The summed E-state index contributed by atoms with van der Waals surface area (Å²) in [7, 11) is 0. The summed E-state index contributed by atoms with van der Waals surface area (Å²) in [6, 6.07) is 8.46. The van der Waals surface area contributed by atoms with Gasteiger partial charge in [-0.25, -0.2) is 4.79 Å². The van der Waals surface area contributed by atoms with Gasteiger partial charge in [-0.15, -0.1) is 0 Å². The molecule has 0 saturated carbocycles. The fourth-order valence-corrected chi connectivity index (χ4v) is 0.923. The Labute approximate surface area is 79.2 Å². The Hall–Kier alpha value is -1.04. The van der Waals surface area contributed by atoms with Crippen molar-refractivity contribution in [2.24, 2.45) is 0 Å². The zero-order valence-corrected chi connectivity index (χ0v) is 7.84. The number of rotatable bonds is 3. The highest BCUT2D eigenvalue weighted by Gasteiger charge is 2.07. The van der Waals surface area contributed by atoms with Gasteiger partial charge in [-0.3, -0.25) is 0 Å². The number of hydrogen-bond donors (Lipinski definition) is 1. The Morgan fingerprint density at radius 1 is 1.46 bits per heavy atom. The van der Waals surface area contributed by atoms with E-state index in [0.29, 0.717) is 5.56 Å². The summed E-state index contributed by atoms with van der Waals surface area (Å²) in [6.45, 7) is 0. The topological polar surface area (TPSA) is 61.4 Å². The highest BCUT2D eigenvalue weighted by molar-refractivity contribution is 7.88. The van der Waals surface area contributed by atoms with Gasteiger partial charge in [-0.05, 0) is 12.1 Å². The van der Waals surface area contributed by atoms with E-state index in [-0.39, 0.29) is 0 Å². The van der Waals surface area contributed by atoms with Crippen molar-refractivity contribution in [1.29, 1.82) is 0 Å². The van der Waals surface area contributed by atoms with Crippen LogP contribution >= 0.6 is 0 Å². The molecule has 5 heteroatoms. The molecule has 0 saturated heterocycles. The molecule has 0 aromatic heterocycles. The van der Waals surface area contributed by atoms with Crippen molar-refractivity contribution in [1.82, 2.24) is 4.89 Å². The van der Waals surface area contributed by atoms with Crippen LogP contribution in [-0.2, 0) is 16.2 Å². The quantitative estimate of drug-likeness (QED) is 0.573. The first-order chi connectivity index (χ1) is 6.20. The molecule has 4 nitrogen and oxygen atoms in total. The van der Waals surface area contributed by atoms with Crippen molar-refractivity contribution < 1.29 is 14.2 Å². The van der Waals surface area contributed by atoms with E-state index in [1.54, 1.807) is 30.3 Å². The summed E-state index contributed by atoms with van der Waals surface area (Å²) in [4.78, 5) is 17.7. The maximum atomic E-state index is 11.1. The summed E-state index contributed by atoms with van der Waals surface area (Å²) in [5.41, 5.74) is 0.417. The van der Waals surface area contributed by atoms with Crippen LogP contribution < -0.4 is 4.89 Å². The molecular formula is C8H9NO3S. The Bertz CT molecular complexity index is 276. The van der Waals surface area contributed by atoms with Crippen molar-refractivity contribution >= 4 is 17.3 Å². The van der Waals surface area contributed by atoms with Gasteiger partial charge in [-0.2, -0.15) is 0 Å². The first-order valence-electron chi connectivity index (χ1n) is 3.55. The van der Waals surface area contributed by atoms with Crippen LogP contribution in [0.4, 0.5) is 0 Å². The second-order valence-corrected chi connectivity index (χ2v) is 3.37. The van der Waals surface area contributed by atoms with Gasteiger partial charge in [0.1, 0.15) is 6.26 Å². The number of carbonyl (C=O) groups is 1. The second kappa shape index (κ2) is 4.86. The summed E-state index contributed by atoms with van der Waals surface area (Å²) < 4.78 is 10.5. The highest BCUT2D eigenvalue weighted by Crippen LogP contribution is 1.99. The van der Waals surface area contributed by atoms with E-state index in [1.165, 1.54) is 6.26 Å². The molecule has 0 bridgehead atoms. The van der Waals surface area contributed by atoms with Gasteiger partial charge >= 0.3 is 5.97 Å². The molecule has 70 valence electrons. The molecule has 1 aromatic rings. The third-order valence-corrected chi connectivity index (χ3v) is 1.58. The molecule has 0 aliphatic rings. The van der Waals surface area contributed by atoms with Crippen LogP contribution in [0.1, 0.15) is 10.4 Å². The molecule has 1 unspecified atom stereocenters. The van der Waals surface area contributed by atoms with Gasteiger partial charge in [0.15, 0.2) is 0 Å². The molecule has 0 radical (unpaired) electrons. The van der Waals surface area contributed by atoms with E-state index in [1.807, 2.05) is 0 Å². The van der Waals surface area contributed by atoms with Gasteiger partial charge in [0.25, 0.3) is 0 Å². The van der Waals surface area contributed by atoms with Crippen molar-refractivity contribution in [3.8, 4) is 0 Å². The van der Waals surface area contributed by atoms with Crippen LogP contribution in [0, 0.1) is 0 Å². The zero-order valence-electron chi connectivity index (χ0n) is 7.02. The fraction of sp³-hybridized carbons (Fsp3) is 0.125. The minimum Gasteiger partial charge on any atom is -0.596 e. The molecular weight excluding hydrogens is 190 g/mol. The van der Waals surface area contributed by atoms with Crippen molar-refractivity contribution in [2.75, 3.05) is 6.26 Å². The maximum Gasteiger partial charge on any atom is 0.361 e. The second-order valence-electron chi connectivity index (χ2n) is 2.29. The minimum atomic E-state index is -1.35. The van der Waals surface area contributed by atoms with Crippen molar-refractivity contribution in [3.63, 3.8) is 0 Å². The number of benzene rings is 1. The predicted molar refractivity (Wildman–Crippen MR) is 49.1 cm³/mol. The van der Waals surface area contributed by atoms with Crippen molar-refractivity contribution in [3.05, 3.63) is 35.9 Å². The van der Waals surface area contributed by atoms with E-state index in [4.69, 9.17) is 0 Å². The lowest BCUT2D eigenvalue weighted by Gasteiger charge is -2.04. The Morgan fingerprint density at radius 2 is 2.08 bits per heavy atom. The molecule has 0 amide bonds. The summed E-state index contributed by atoms with van der Waals surface area (Å²) >= 11 is -1.35. The third-order valence-electron chi connectivity index (χ3n) is 1.26. The standard InChI is InChI=1S/C8H9NO3S/c1-13(11)9-12-8(10)7-5-3-2-4-6-7/h2-6,9H,1H3. The van der Waals surface area contributed by atoms with E-state index < -0.39 is 17.3 Å². The van der Waals surface area contributed by atoms with E-state index >= 15 is 0 Å². The molecule has 1 aromatic carbocycles. The molecule has 0 spiro atoms. The fourth-order valence-electron chi connectivity index (χ4n) is 0.730. The molecule has 1 atom stereocenters. The molecule has 1 rings (SSSR count). The Morgan fingerprint density at radius 3 is 2.62 bits per heavy atom. The van der Waals surface area contributed by atoms with Crippen LogP contribution in [0.25, 0.3) is 0 Å². The lowest BCUT2D eigenvalue weighted by atomic mass is 10.2. The van der Waals surface area contributed by atoms with E-state index in [2.05, 4.69) is 9.72 Å². The van der Waals surface area contributed by atoms with Gasteiger partial charge in [-0.1, -0.05) is 18.2 Å². The smallest absolute Gasteiger partial charge is 0.361 e. The SMILES string of the molecule is C[S+]([O-])NOC(=O)c1ccccc1. The molecule has 0 fully saturated rings. The Balaban J connectivity index is 2.50. The summed E-state index contributed by atoms with van der Waals surface area (Å²) in [5.74, 6) is -0.546. The average molecular weight is 199 g/mol. The van der Waals surface area contributed by atoms with Gasteiger partial charge in [0.2, 0.25) is 0 Å². The number of hydrogen-bond acceptors (Lipinski definition) is 4. The maximum absolute atomic E-state index is 11.1. The normalized spacial score (nSPS) is 12.2. The lowest BCUT2D eigenvalue weighted by Crippen LogP contribution is -2.25. The number of carbonyl (C=O) groups excluding carboxylic acids is 1. The highest BCUT2D eigenvalue weighted by atomic mass is 32.2.